The van der Waals surface area contributed by atoms with Crippen molar-refractivity contribution >= 4 is 39.7 Å². The smallest absolute Gasteiger partial charge is 0.338 e. The van der Waals surface area contributed by atoms with Crippen molar-refractivity contribution in [2.24, 2.45) is 0 Å². The van der Waals surface area contributed by atoms with Gasteiger partial charge in [0.25, 0.3) is 0 Å². The number of aliphatic carboxylic acids is 1. The Hall–Kier alpha value is -3.36. The molecule has 0 atom stereocenters. The topological polar surface area (TPSA) is 130 Å². The zero-order valence-corrected chi connectivity index (χ0v) is 12.9. The van der Waals surface area contributed by atoms with Gasteiger partial charge in [0, 0.05) is 5.39 Å². The van der Waals surface area contributed by atoms with E-state index in [1.54, 1.807) is 6.07 Å². The van der Waals surface area contributed by atoms with Crippen LogP contribution in [0.25, 0.3) is 21.9 Å². The Morgan fingerprint density at radius 1 is 1.29 bits per heavy atom. The van der Waals surface area contributed by atoms with Crippen molar-refractivity contribution in [1.29, 1.82) is 0 Å². The molecule has 0 fully saturated rings. The molecule has 3 rings (SSSR count). The molecule has 0 radical (unpaired) electrons. The molecular formula is C15H14N4O5. The largest absolute Gasteiger partial charge is 0.495 e. The van der Waals surface area contributed by atoms with Gasteiger partial charge in [-0.3, -0.25) is 4.79 Å². The van der Waals surface area contributed by atoms with Gasteiger partial charge in [0.15, 0.2) is 0 Å². The summed E-state index contributed by atoms with van der Waals surface area (Å²) in [5.74, 6) is -1.11. The Bertz CT molecular complexity index is 979. The average molecular weight is 330 g/mol. The van der Waals surface area contributed by atoms with Gasteiger partial charge >= 0.3 is 11.9 Å². The van der Waals surface area contributed by atoms with Crippen LogP contribution < -0.4 is 10.5 Å². The van der Waals surface area contributed by atoms with Crippen molar-refractivity contribution in [2.75, 3.05) is 20.0 Å². The number of rotatable bonds is 4. The van der Waals surface area contributed by atoms with E-state index in [9.17, 15) is 14.7 Å². The van der Waals surface area contributed by atoms with E-state index in [2.05, 4.69) is 9.97 Å². The second kappa shape index (κ2) is 5.69. The lowest BCUT2D eigenvalue weighted by Gasteiger charge is -2.09. The lowest BCUT2D eigenvalue weighted by molar-refractivity contribution is -0.137. The number of nitrogens with two attached hydrogens (primary N) is 1. The van der Waals surface area contributed by atoms with Gasteiger partial charge in [0.1, 0.15) is 30.1 Å². The van der Waals surface area contributed by atoms with Crippen LogP contribution in [0.5, 0.6) is 5.75 Å². The maximum atomic E-state index is 11.9. The minimum Gasteiger partial charge on any atom is -0.495 e. The van der Waals surface area contributed by atoms with Gasteiger partial charge in [-0.1, -0.05) is 0 Å². The lowest BCUT2D eigenvalue weighted by atomic mass is 10.1. The summed E-state index contributed by atoms with van der Waals surface area (Å²) in [7, 11) is 2.69. The maximum Gasteiger partial charge on any atom is 0.338 e. The molecule has 0 unspecified atom stereocenters. The molecule has 0 bridgehead atoms. The number of carbonyl (C=O) groups excluding carboxylic acids is 1. The molecule has 0 saturated heterocycles. The molecule has 9 heteroatoms. The standard InChI is InChI=1S/C15H14N4O5/c1-23-9-4-7(15(22)24-2)3-8-11-13(16)17-6-18-14(11)19(12(8)9)5-10(20)21/h3-4,6H,5H2,1-2H3,(H,20,21)(H2,16,17,18). The molecule has 0 aliphatic rings. The predicted octanol–water partition coefficient (Wildman–Crippen LogP) is 1.05. The molecule has 0 saturated carbocycles. The number of methoxy groups -OCH3 is 2. The van der Waals surface area contributed by atoms with Crippen LogP contribution in [0.1, 0.15) is 10.4 Å². The molecule has 1 aromatic carbocycles. The number of hydrogen-bond donors (Lipinski definition) is 2. The van der Waals surface area contributed by atoms with E-state index in [4.69, 9.17) is 15.2 Å². The van der Waals surface area contributed by atoms with Gasteiger partial charge in [-0.25, -0.2) is 14.8 Å². The van der Waals surface area contributed by atoms with E-state index in [-0.39, 0.29) is 17.9 Å². The number of anilines is 1. The maximum absolute atomic E-state index is 11.9. The summed E-state index contributed by atoms with van der Waals surface area (Å²) < 4.78 is 11.5. The normalized spacial score (nSPS) is 10.9. The molecule has 24 heavy (non-hydrogen) atoms. The number of nitrogen functional groups attached to an aromatic ring is 1. The van der Waals surface area contributed by atoms with Crippen LogP contribution in [0, 0.1) is 0 Å². The van der Waals surface area contributed by atoms with Gasteiger partial charge in [-0.15, -0.1) is 0 Å². The number of carbonyl (C=O) groups is 2. The quantitative estimate of drug-likeness (QED) is 0.679. The first-order chi connectivity index (χ1) is 11.5. The third-order valence-electron chi connectivity index (χ3n) is 3.66. The fourth-order valence-electron chi connectivity index (χ4n) is 2.72. The zero-order chi connectivity index (χ0) is 17.4. The monoisotopic (exact) mass is 330 g/mol. The highest BCUT2D eigenvalue weighted by Gasteiger charge is 2.22. The molecule has 0 spiro atoms. The van der Waals surface area contributed by atoms with Crippen LogP contribution in [0.2, 0.25) is 0 Å². The number of nitrogens with zero attached hydrogens (tertiary/aromatic N) is 3. The Kier molecular flexibility index (Phi) is 3.68. The Labute approximate surface area is 135 Å². The first-order valence-corrected chi connectivity index (χ1v) is 6.88. The highest BCUT2D eigenvalue weighted by Crippen LogP contribution is 2.37. The molecule has 2 aromatic heterocycles. The summed E-state index contributed by atoms with van der Waals surface area (Å²) in [6.07, 6.45) is 1.25. The van der Waals surface area contributed by atoms with Crippen molar-refractivity contribution in [3.05, 3.63) is 24.0 Å². The molecule has 2 heterocycles. The summed E-state index contributed by atoms with van der Waals surface area (Å²) in [4.78, 5) is 31.2. The first-order valence-electron chi connectivity index (χ1n) is 6.88. The lowest BCUT2D eigenvalue weighted by Crippen LogP contribution is -2.10. The van der Waals surface area contributed by atoms with Gasteiger partial charge in [-0.05, 0) is 12.1 Å². The van der Waals surface area contributed by atoms with Gasteiger partial charge < -0.3 is 24.9 Å². The van der Waals surface area contributed by atoms with E-state index in [1.165, 1.54) is 31.2 Å². The molecular weight excluding hydrogens is 316 g/mol. The molecule has 3 N–H and O–H groups in total. The Morgan fingerprint density at radius 2 is 2.04 bits per heavy atom. The van der Waals surface area contributed by atoms with Crippen LogP contribution in [-0.2, 0) is 16.1 Å². The molecule has 0 aliphatic carbocycles. The van der Waals surface area contributed by atoms with E-state index in [0.717, 1.165) is 0 Å². The second-order valence-electron chi connectivity index (χ2n) is 5.00. The minimum atomic E-state index is -1.05. The summed E-state index contributed by atoms with van der Waals surface area (Å²) >= 11 is 0. The Balaban J connectivity index is 2.50. The molecule has 124 valence electrons. The van der Waals surface area contributed by atoms with Crippen LogP contribution in [0.3, 0.4) is 0 Å². The van der Waals surface area contributed by atoms with Crippen LogP contribution in [0.4, 0.5) is 5.82 Å². The summed E-state index contributed by atoms with van der Waals surface area (Å²) in [5.41, 5.74) is 7.01. The third-order valence-corrected chi connectivity index (χ3v) is 3.66. The number of fused-ring (bicyclic) bond motifs is 3. The van der Waals surface area contributed by atoms with Crippen molar-refractivity contribution < 1.29 is 24.2 Å². The van der Waals surface area contributed by atoms with Crippen LogP contribution in [0.15, 0.2) is 18.5 Å². The van der Waals surface area contributed by atoms with Gasteiger partial charge in [0.05, 0.1) is 30.7 Å². The number of ether oxygens (including phenoxy) is 2. The summed E-state index contributed by atoms with van der Waals surface area (Å²) in [6.45, 7) is -0.343. The minimum absolute atomic E-state index is 0.179. The van der Waals surface area contributed by atoms with Gasteiger partial charge in [-0.2, -0.15) is 0 Å². The van der Waals surface area contributed by atoms with Crippen molar-refractivity contribution in [2.45, 2.75) is 6.54 Å². The highest BCUT2D eigenvalue weighted by atomic mass is 16.5. The summed E-state index contributed by atoms with van der Waals surface area (Å²) in [5, 5.41) is 10.2. The number of esters is 1. The highest BCUT2D eigenvalue weighted by molar-refractivity contribution is 6.15. The number of benzene rings is 1. The molecule has 0 amide bonds. The van der Waals surface area contributed by atoms with E-state index in [0.29, 0.717) is 27.7 Å². The number of carboxylic acids is 1. The first kappa shape index (κ1) is 15.5. The summed E-state index contributed by atoms with van der Waals surface area (Å²) in [6, 6.07) is 3.04. The average Bonchev–Trinajstić information content (AvgIpc) is 2.88. The van der Waals surface area contributed by atoms with E-state index >= 15 is 0 Å². The van der Waals surface area contributed by atoms with Crippen molar-refractivity contribution in [1.82, 2.24) is 14.5 Å². The second-order valence-corrected chi connectivity index (χ2v) is 5.00. The Morgan fingerprint density at radius 3 is 2.67 bits per heavy atom. The van der Waals surface area contributed by atoms with Crippen LogP contribution >= 0.6 is 0 Å². The molecule has 3 aromatic rings. The number of carboxylic acid groups (broad SMARTS) is 1. The molecule has 9 nitrogen and oxygen atoms in total. The zero-order valence-electron chi connectivity index (χ0n) is 12.9. The third kappa shape index (κ3) is 2.26. The van der Waals surface area contributed by atoms with E-state index < -0.39 is 11.9 Å². The SMILES string of the molecule is COC(=O)c1cc(OC)c2c(c1)c1c(N)ncnc1n2CC(=O)O. The van der Waals surface area contributed by atoms with Gasteiger partial charge in [0.2, 0.25) is 0 Å². The molecule has 0 aliphatic heterocycles. The van der Waals surface area contributed by atoms with Crippen molar-refractivity contribution in [3.8, 4) is 5.75 Å². The fraction of sp³-hybridized carbons (Fsp3) is 0.200. The van der Waals surface area contributed by atoms with E-state index in [1.807, 2.05) is 0 Å². The van der Waals surface area contributed by atoms with Crippen molar-refractivity contribution in [3.63, 3.8) is 0 Å². The number of aromatic nitrogens is 3. The van der Waals surface area contributed by atoms with Crippen LogP contribution in [-0.4, -0.2) is 45.8 Å². The number of hydrogen-bond acceptors (Lipinski definition) is 7. The predicted molar refractivity (Wildman–Crippen MR) is 85.0 cm³/mol. The fourth-order valence-corrected chi connectivity index (χ4v) is 2.72.